The Morgan fingerprint density at radius 3 is 3.00 bits per heavy atom. The minimum atomic E-state index is -0.495. The lowest BCUT2D eigenvalue weighted by Gasteiger charge is -2.16. The van der Waals surface area contributed by atoms with Gasteiger partial charge in [-0.2, -0.15) is 0 Å². The molecule has 0 aromatic carbocycles. The van der Waals surface area contributed by atoms with Crippen LogP contribution >= 0.6 is 0 Å². The van der Waals surface area contributed by atoms with Crippen LogP contribution < -0.4 is 5.32 Å². The van der Waals surface area contributed by atoms with Gasteiger partial charge in [0.25, 0.3) is 0 Å². The maximum Gasteiger partial charge on any atom is 0.159 e. The maximum atomic E-state index is 9.14. The highest BCUT2D eigenvalue weighted by molar-refractivity contribution is 4.84. The smallest absolute Gasteiger partial charge is 0.159 e. The van der Waals surface area contributed by atoms with E-state index in [4.69, 9.17) is 9.84 Å². The summed E-state index contributed by atoms with van der Waals surface area (Å²) in [5, 5.41) is 12.3. The molecule has 0 aromatic rings. The third kappa shape index (κ3) is 0.852. The van der Waals surface area contributed by atoms with E-state index in [0.717, 1.165) is 19.5 Å². The Hall–Kier alpha value is -0.120. The third-order valence-corrected chi connectivity index (χ3v) is 2.08. The molecule has 2 bridgehead atoms. The van der Waals surface area contributed by atoms with E-state index in [9.17, 15) is 0 Å². The number of hydrogen-bond donors (Lipinski definition) is 2. The molecule has 52 valence electrons. The fourth-order valence-corrected chi connectivity index (χ4v) is 1.56. The van der Waals surface area contributed by atoms with E-state index in [2.05, 4.69) is 5.32 Å². The quantitative estimate of drug-likeness (QED) is 0.455. The van der Waals surface area contributed by atoms with Crippen molar-refractivity contribution >= 4 is 0 Å². The Morgan fingerprint density at radius 2 is 2.33 bits per heavy atom. The zero-order valence-corrected chi connectivity index (χ0v) is 5.21. The average Bonchev–Trinajstić information content (AvgIpc) is 2.09. The van der Waals surface area contributed by atoms with Crippen molar-refractivity contribution in [3.8, 4) is 0 Å². The number of nitrogens with one attached hydrogen (secondary N) is 1. The second-order valence-electron chi connectivity index (χ2n) is 2.80. The SMILES string of the molecule is OC1OC2CNCC1C2. The molecule has 0 aliphatic carbocycles. The first kappa shape index (κ1) is 5.65. The summed E-state index contributed by atoms with van der Waals surface area (Å²) < 4.78 is 5.18. The number of piperidine rings is 1. The maximum absolute atomic E-state index is 9.14. The zero-order chi connectivity index (χ0) is 6.27. The molecule has 0 saturated carbocycles. The summed E-state index contributed by atoms with van der Waals surface area (Å²) in [6.45, 7) is 1.82. The predicted molar refractivity (Wildman–Crippen MR) is 31.9 cm³/mol. The van der Waals surface area contributed by atoms with Crippen molar-refractivity contribution in [1.82, 2.24) is 5.32 Å². The van der Waals surface area contributed by atoms with Crippen molar-refractivity contribution < 1.29 is 9.84 Å². The monoisotopic (exact) mass is 129 g/mol. The topological polar surface area (TPSA) is 41.5 Å². The Labute approximate surface area is 54.0 Å². The second-order valence-corrected chi connectivity index (χ2v) is 2.80. The Kier molecular flexibility index (Phi) is 1.22. The van der Waals surface area contributed by atoms with Crippen LogP contribution in [0.3, 0.4) is 0 Å². The largest absolute Gasteiger partial charge is 0.368 e. The second kappa shape index (κ2) is 1.94. The van der Waals surface area contributed by atoms with Gasteiger partial charge in [0, 0.05) is 19.0 Å². The summed E-state index contributed by atoms with van der Waals surface area (Å²) in [4.78, 5) is 0. The van der Waals surface area contributed by atoms with Gasteiger partial charge in [-0.15, -0.1) is 0 Å². The van der Waals surface area contributed by atoms with E-state index in [1.807, 2.05) is 0 Å². The molecule has 3 unspecified atom stereocenters. The van der Waals surface area contributed by atoms with Crippen molar-refractivity contribution in [3.05, 3.63) is 0 Å². The van der Waals surface area contributed by atoms with Gasteiger partial charge in [-0.05, 0) is 6.42 Å². The van der Waals surface area contributed by atoms with Crippen LogP contribution in [-0.4, -0.2) is 30.6 Å². The van der Waals surface area contributed by atoms with Crippen LogP contribution in [0.1, 0.15) is 6.42 Å². The average molecular weight is 129 g/mol. The fourth-order valence-electron chi connectivity index (χ4n) is 1.56. The van der Waals surface area contributed by atoms with E-state index in [-0.39, 0.29) is 6.10 Å². The molecule has 2 aliphatic heterocycles. The summed E-state index contributed by atoms with van der Waals surface area (Å²) in [6.07, 6.45) is 0.817. The fraction of sp³-hybridized carbons (Fsp3) is 1.00. The Morgan fingerprint density at radius 1 is 1.44 bits per heavy atom. The van der Waals surface area contributed by atoms with Crippen molar-refractivity contribution in [2.45, 2.75) is 18.8 Å². The number of hydrogen-bond acceptors (Lipinski definition) is 3. The van der Waals surface area contributed by atoms with Crippen LogP contribution in [0.15, 0.2) is 0 Å². The number of ether oxygens (including phenoxy) is 1. The zero-order valence-electron chi connectivity index (χ0n) is 5.21. The Balaban J connectivity index is 2.07. The Bertz CT molecular complexity index is 116. The minimum absolute atomic E-state index is 0.277. The van der Waals surface area contributed by atoms with E-state index < -0.39 is 6.29 Å². The van der Waals surface area contributed by atoms with E-state index >= 15 is 0 Å². The van der Waals surface area contributed by atoms with Crippen molar-refractivity contribution in [1.29, 1.82) is 0 Å². The lowest BCUT2D eigenvalue weighted by atomic mass is 10.0. The van der Waals surface area contributed by atoms with Gasteiger partial charge in [0.05, 0.1) is 6.10 Å². The van der Waals surface area contributed by atoms with Gasteiger partial charge >= 0.3 is 0 Å². The summed E-state index contributed by atoms with van der Waals surface area (Å²) in [7, 11) is 0. The highest BCUT2D eigenvalue weighted by Crippen LogP contribution is 2.26. The lowest BCUT2D eigenvalue weighted by molar-refractivity contribution is -0.0970. The molecule has 3 nitrogen and oxygen atoms in total. The normalized spacial score (nSPS) is 49.7. The first-order valence-corrected chi connectivity index (χ1v) is 3.40. The molecule has 0 spiro atoms. The molecular formula is C6H11NO2. The first-order valence-electron chi connectivity index (χ1n) is 3.40. The van der Waals surface area contributed by atoms with Crippen LogP contribution in [0.25, 0.3) is 0 Å². The minimum Gasteiger partial charge on any atom is -0.368 e. The van der Waals surface area contributed by atoms with Crippen LogP contribution in [0.4, 0.5) is 0 Å². The molecule has 2 heterocycles. The molecule has 2 fully saturated rings. The number of rotatable bonds is 0. The van der Waals surface area contributed by atoms with Gasteiger partial charge in [0.1, 0.15) is 0 Å². The van der Waals surface area contributed by atoms with Crippen LogP contribution in [0.2, 0.25) is 0 Å². The van der Waals surface area contributed by atoms with Gasteiger partial charge in [-0.1, -0.05) is 0 Å². The van der Waals surface area contributed by atoms with E-state index in [0.29, 0.717) is 5.92 Å². The summed E-state index contributed by atoms with van der Waals surface area (Å²) in [5.41, 5.74) is 0. The van der Waals surface area contributed by atoms with Gasteiger partial charge in [0.15, 0.2) is 6.29 Å². The highest BCUT2D eigenvalue weighted by atomic mass is 16.6. The summed E-state index contributed by atoms with van der Waals surface area (Å²) >= 11 is 0. The molecule has 2 rings (SSSR count). The van der Waals surface area contributed by atoms with Crippen LogP contribution in [0.5, 0.6) is 0 Å². The summed E-state index contributed by atoms with van der Waals surface area (Å²) in [6, 6.07) is 0. The van der Waals surface area contributed by atoms with E-state index in [1.165, 1.54) is 0 Å². The third-order valence-electron chi connectivity index (χ3n) is 2.08. The molecule has 3 heteroatoms. The lowest BCUT2D eigenvalue weighted by Crippen LogP contribution is -2.34. The van der Waals surface area contributed by atoms with Crippen LogP contribution in [0, 0.1) is 5.92 Å². The molecular weight excluding hydrogens is 118 g/mol. The molecule has 2 saturated heterocycles. The van der Waals surface area contributed by atoms with Crippen molar-refractivity contribution in [2.75, 3.05) is 13.1 Å². The van der Waals surface area contributed by atoms with Crippen molar-refractivity contribution in [2.24, 2.45) is 5.92 Å². The van der Waals surface area contributed by atoms with E-state index in [1.54, 1.807) is 0 Å². The summed E-state index contributed by atoms with van der Waals surface area (Å²) in [5.74, 6) is 0.351. The van der Waals surface area contributed by atoms with Gasteiger partial charge in [-0.3, -0.25) is 0 Å². The predicted octanol–water partition coefficient (Wildman–Crippen LogP) is -0.687. The highest BCUT2D eigenvalue weighted by Gasteiger charge is 2.36. The molecule has 3 atom stereocenters. The van der Waals surface area contributed by atoms with Gasteiger partial charge < -0.3 is 15.2 Å². The van der Waals surface area contributed by atoms with Gasteiger partial charge in [-0.25, -0.2) is 0 Å². The number of fused-ring (bicyclic) bond motifs is 2. The molecule has 0 amide bonds. The molecule has 2 aliphatic rings. The van der Waals surface area contributed by atoms with Crippen molar-refractivity contribution in [3.63, 3.8) is 0 Å². The molecule has 9 heavy (non-hydrogen) atoms. The van der Waals surface area contributed by atoms with Crippen LogP contribution in [-0.2, 0) is 4.74 Å². The number of aliphatic hydroxyl groups is 1. The molecule has 2 N–H and O–H groups in total. The first-order chi connectivity index (χ1) is 4.36. The molecule has 0 radical (unpaired) electrons. The standard InChI is InChI=1S/C6H11NO2/c8-6-4-1-5(9-6)3-7-2-4/h4-8H,1-3H2. The molecule has 0 aromatic heterocycles. The number of aliphatic hydroxyl groups excluding tert-OH is 1. The van der Waals surface area contributed by atoms with Gasteiger partial charge in [0.2, 0.25) is 0 Å².